The quantitative estimate of drug-likeness (QED) is 0.252. The molecule has 0 radical (unpaired) electrons. The zero-order chi connectivity index (χ0) is 17.2. The molecule has 2 heterocycles. The predicted molar refractivity (Wildman–Crippen MR) is 116 cm³/mol. The van der Waals surface area contributed by atoms with E-state index in [-0.39, 0.29) is 24.0 Å². The summed E-state index contributed by atoms with van der Waals surface area (Å²) in [5.41, 5.74) is 1.16. The standard InChI is InChI=1S/C17H28N6S.HI/c1-4-18-17(19-8-5-11-23-12-6-9-21-23)20-10-7-15-13-24-16(22-15)14(2)3;/h6,9,12-14H,4-5,7-8,10-11H2,1-3H3,(H2,18,19,20);1H. The molecule has 0 bridgehead atoms. The van der Waals surface area contributed by atoms with Crippen molar-refractivity contribution in [2.75, 3.05) is 19.6 Å². The van der Waals surface area contributed by atoms with Crippen LogP contribution in [0.1, 0.15) is 43.8 Å². The molecule has 2 aromatic rings. The van der Waals surface area contributed by atoms with E-state index in [0.717, 1.165) is 50.7 Å². The molecule has 0 spiro atoms. The van der Waals surface area contributed by atoms with Gasteiger partial charge >= 0.3 is 0 Å². The summed E-state index contributed by atoms with van der Waals surface area (Å²) in [6.45, 7) is 9.82. The minimum Gasteiger partial charge on any atom is -0.357 e. The summed E-state index contributed by atoms with van der Waals surface area (Å²) in [7, 11) is 0. The summed E-state index contributed by atoms with van der Waals surface area (Å²) >= 11 is 1.75. The fraction of sp³-hybridized carbons (Fsp3) is 0.588. The van der Waals surface area contributed by atoms with E-state index in [9.17, 15) is 0 Å². The van der Waals surface area contributed by atoms with Gasteiger partial charge in [0.05, 0.1) is 10.7 Å². The van der Waals surface area contributed by atoms with Crippen molar-refractivity contribution < 1.29 is 0 Å². The number of halogens is 1. The molecule has 2 N–H and O–H groups in total. The predicted octanol–water partition coefficient (Wildman–Crippen LogP) is 3.27. The first-order valence-corrected chi connectivity index (χ1v) is 9.51. The highest BCUT2D eigenvalue weighted by molar-refractivity contribution is 14.0. The molecular weight excluding hydrogens is 447 g/mol. The average molecular weight is 476 g/mol. The lowest BCUT2D eigenvalue weighted by Gasteiger charge is -2.10. The summed E-state index contributed by atoms with van der Waals surface area (Å²) < 4.78 is 1.93. The first-order chi connectivity index (χ1) is 11.7. The van der Waals surface area contributed by atoms with E-state index in [4.69, 9.17) is 0 Å². The lowest BCUT2D eigenvalue weighted by molar-refractivity contribution is 0.584. The molecule has 0 aliphatic rings. The van der Waals surface area contributed by atoms with E-state index in [1.165, 1.54) is 5.01 Å². The van der Waals surface area contributed by atoms with E-state index < -0.39 is 0 Å². The second-order valence-electron chi connectivity index (χ2n) is 5.89. The summed E-state index contributed by atoms with van der Waals surface area (Å²) in [6, 6.07) is 1.94. The third-order valence-electron chi connectivity index (χ3n) is 3.46. The highest BCUT2D eigenvalue weighted by Gasteiger charge is 2.05. The zero-order valence-corrected chi connectivity index (χ0v) is 18.4. The van der Waals surface area contributed by atoms with Crippen molar-refractivity contribution in [1.29, 1.82) is 0 Å². The normalized spacial score (nSPS) is 11.4. The lowest BCUT2D eigenvalue weighted by Crippen LogP contribution is -2.38. The van der Waals surface area contributed by atoms with Gasteiger partial charge in [0.2, 0.25) is 0 Å². The summed E-state index contributed by atoms with van der Waals surface area (Å²) in [5, 5.41) is 14.2. The lowest BCUT2D eigenvalue weighted by atomic mass is 10.2. The number of nitrogens with zero attached hydrogens (tertiary/aromatic N) is 4. The van der Waals surface area contributed by atoms with Crippen molar-refractivity contribution in [3.8, 4) is 0 Å². The van der Waals surface area contributed by atoms with Gasteiger partial charge < -0.3 is 10.6 Å². The molecule has 0 aliphatic carbocycles. The van der Waals surface area contributed by atoms with Gasteiger partial charge in [-0.3, -0.25) is 9.67 Å². The maximum absolute atomic E-state index is 4.67. The summed E-state index contributed by atoms with van der Waals surface area (Å²) in [6.07, 6.45) is 5.67. The van der Waals surface area contributed by atoms with Gasteiger partial charge in [0.15, 0.2) is 5.96 Å². The van der Waals surface area contributed by atoms with Crippen LogP contribution < -0.4 is 10.6 Å². The van der Waals surface area contributed by atoms with Crippen LogP contribution in [0.4, 0.5) is 0 Å². The Hall–Kier alpha value is -1.16. The van der Waals surface area contributed by atoms with Crippen molar-refractivity contribution in [3.63, 3.8) is 0 Å². The molecule has 0 unspecified atom stereocenters. The van der Waals surface area contributed by atoms with E-state index in [0.29, 0.717) is 5.92 Å². The van der Waals surface area contributed by atoms with E-state index in [2.05, 4.69) is 51.9 Å². The molecule has 2 rings (SSSR count). The second-order valence-corrected chi connectivity index (χ2v) is 6.78. The molecule has 0 aromatic carbocycles. The van der Waals surface area contributed by atoms with Crippen LogP contribution in [0, 0.1) is 0 Å². The first-order valence-electron chi connectivity index (χ1n) is 8.63. The SMILES string of the molecule is CCNC(=NCCCn1cccn1)NCCc1csc(C(C)C)n1.I. The van der Waals surface area contributed by atoms with Crippen LogP contribution in [0.15, 0.2) is 28.8 Å². The van der Waals surface area contributed by atoms with Crippen molar-refractivity contribution in [2.45, 2.75) is 46.1 Å². The van der Waals surface area contributed by atoms with Crippen molar-refractivity contribution in [1.82, 2.24) is 25.4 Å². The number of aryl methyl sites for hydroxylation is 1. The molecule has 25 heavy (non-hydrogen) atoms. The van der Waals surface area contributed by atoms with Crippen LogP contribution in [0.3, 0.4) is 0 Å². The Morgan fingerprint density at radius 3 is 2.84 bits per heavy atom. The number of nitrogens with one attached hydrogen (secondary N) is 2. The molecule has 0 aliphatic heterocycles. The number of guanidine groups is 1. The van der Waals surface area contributed by atoms with Gasteiger partial charge in [-0.25, -0.2) is 4.98 Å². The van der Waals surface area contributed by atoms with Gasteiger partial charge in [0.25, 0.3) is 0 Å². The average Bonchev–Trinajstić information content (AvgIpc) is 3.23. The highest BCUT2D eigenvalue weighted by Crippen LogP contribution is 2.19. The minimum absolute atomic E-state index is 0. The molecule has 2 aromatic heterocycles. The van der Waals surface area contributed by atoms with Crippen LogP contribution in [-0.2, 0) is 13.0 Å². The number of hydrogen-bond donors (Lipinski definition) is 2. The van der Waals surface area contributed by atoms with Crippen LogP contribution in [0.2, 0.25) is 0 Å². The van der Waals surface area contributed by atoms with Crippen LogP contribution in [0.5, 0.6) is 0 Å². The fourth-order valence-corrected chi connectivity index (χ4v) is 3.08. The van der Waals surface area contributed by atoms with Gasteiger partial charge in [0.1, 0.15) is 0 Å². The third kappa shape index (κ3) is 8.17. The molecule has 8 heteroatoms. The number of hydrogen-bond acceptors (Lipinski definition) is 4. The number of aliphatic imine (C=N–C) groups is 1. The fourth-order valence-electron chi connectivity index (χ4n) is 2.21. The molecule has 0 atom stereocenters. The van der Waals surface area contributed by atoms with Crippen molar-refractivity contribution in [2.24, 2.45) is 4.99 Å². The van der Waals surface area contributed by atoms with Crippen LogP contribution >= 0.6 is 35.3 Å². The maximum atomic E-state index is 4.67. The van der Waals surface area contributed by atoms with E-state index in [1.54, 1.807) is 17.5 Å². The number of rotatable bonds is 9. The molecule has 140 valence electrons. The molecular formula is C17H29IN6S. The molecule has 0 saturated heterocycles. The Kier molecular flexibility index (Phi) is 10.7. The Labute approximate surface area is 171 Å². The monoisotopic (exact) mass is 476 g/mol. The Balaban J connectivity index is 0.00000312. The highest BCUT2D eigenvalue weighted by atomic mass is 127. The number of thiazole rings is 1. The second kappa shape index (κ2) is 12.2. The smallest absolute Gasteiger partial charge is 0.191 e. The largest absolute Gasteiger partial charge is 0.357 e. The first kappa shape index (κ1) is 21.9. The van der Waals surface area contributed by atoms with Gasteiger partial charge in [-0.15, -0.1) is 35.3 Å². The maximum Gasteiger partial charge on any atom is 0.191 e. The topological polar surface area (TPSA) is 67.1 Å². The van der Waals surface area contributed by atoms with Gasteiger partial charge in [0, 0.05) is 56.3 Å². The summed E-state index contributed by atoms with van der Waals surface area (Å²) in [5.74, 6) is 1.38. The zero-order valence-electron chi connectivity index (χ0n) is 15.2. The Bertz CT molecular complexity index is 608. The Morgan fingerprint density at radius 2 is 2.20 bits per heavy atom. The van der Waals surface area contributed by atoms with Crippen molar-refractivity contribution >= 4 is 41.3 Å². The van der Waals surface area contributed by atoms with Crippen LogP contribution in [-0.4, -0.2) is 40.4 Å². The van der Waals surface area contributed by atoms with E-state index >= 15 is 0 Å². The van der Waals surface area contributed by atoms with Gasteiger partial charge in [-0.2, -0.15) is 5.10 Å². The van der Waals surface area contributed by atoms with Gasteiger partial charge in [-0.05, 0) is 19.4 Å². The van der Waals surface area contributed by atoms with E-state index in [1.807, 2.05) is 16.9 Å². The molecule has 0 fully saturated rings. The van der Waals surface area contributed by atoms with Gasteiger partial charge in [-0.1, -0.05) is 13.8 Å². The molecule has 0 amide bonds. The minimum atomic E-state index is 0. The number of aromatic nitrogens is 3. The Morgan fingerprint density at radius 1 is 1.36 bits per heavy atom. The third-order valence-corrected chi connectivity index (χ3v) is 4.65. The summed E-state index contributed by atoms with van der Waals surface area (Å²) in [4.78, 5) is 9.28. The molecule has 6 nitrogen and oxygen atoms in total. The van der Waals surface area contributed by atoms with Crippen LogP contribution in [0.25, 0.3) is 0 Å². The van der Waals surface area contributed by atoms with Crippen molar-refractivity contribution in [3.05, 3.63) is 34.5 Å². The molecule has 0 saturated carbocycles.